The van der Waals surface area contributed by atoms with Gasteiger partial charge in [-0.15, -0.1) is 0 Å². The topological polar surface area (TPSA) is 59.4 Å². The maximum Gasteiger partial charge on any atom is 0.283 e. The highest BCUT2D eigenvalue weighted by atomic mass is 35.5. The third-order valence-electron chi connectivity index (χ3n) is 5.54. The first-order chi connectivity index (χ1) is 17.1. The number of rotatable bonds is 7. The molecule has 0 atom stereocenters. The molecule has 12 heteroatoms. The summed E-state index contributed by atoms with van der Waals surface area (Å²) in [4.78, 5) is 14.5. The van der Waals surface area contributed by atoms with Crippen LogP contribution in [0.15, 0.2) is 48.2 Å². The molecule has 0 saturated carbocycles. The van der Waals surface area contributed by atoms with Gasteiger partial charge in [0.1, 0.15) is 22.8 Å². The first kappa shape index (κ1) is 25.6. The van der Waals surface area contributed by atoms with Crippen LogP contribution >= 0.6 is 23.8 Å². The third kappa shape index (κ3) is 4.80. The van der Waals surface area contributed by atoms with Crippen LogP contribution in [0, 0.1) is 6.92 Å². The number of hydrogen-bond acceptors (Lipinski definition) is 4. The second-order valence-electron chi connectivity index (χ2n) is 7.83. The molecule has 4 rings (SSSR count). The molecule has 0 unspecified atom stereocenters. The second-order valence-corrected chi connectivity index (χ2v) is 8.59. The molecule has 1 aliphatic rings. The zero-order valence-corrected chi connectivity index (χ0v) is 20.5. The molecule has 0 aliphatic carbocycles. The van der Waals surface area contributed by atoms with Crippen molar-refractivity contribution in [2.45, 2.75) is 26.3 Å². The Morgan fingerprint density at radius 2 is 1.89 bits per heavy atom. The molecule has 0 radical (unpaired) electrons. The van der Waals surface area contributed by atoms with Crippen LogP contribution in [0.3, 0.4) is 0 Å². The van der Waals surface area contributed by atoms with Crippen LogP contribution in [0.5, 0.6) is 5.75 Å². The van der Waals surface area contributed by atoms with Crippen LogP contribution in [0.4, 0.5) is 23.2 Å². The molecule has 188 valence electrons. The van der Waals surface area contributed by atoms with E-state index in [-0.39, 0.29) is 23.3 Å². The number of aryl methyl sites for hydroxylation is 1. The lowest BCUT2D eigenvalue weighted by Gasteiger charge is -2.16. The summed E-state index contributed by atoms with van der Waals surface area (Å²) >= 11 is 11.1. The summed E-state index contributed by atoms with van der Waals surface area (Å²) in [5, 5.41) is 5.93. The monoisotopic (exact) mass is 538 g/mol. The normalized spacial score (nSPS) is 14.9. The van der Waals surface area contributed by atoms with Gasteiger partial charge in [-0.3, -0.25) is 14.4 Å². The van der Waals surface area contributed by atoms with Crippen molar-refractivity contribution in [2.24, 2.45) is 0 Å². The molecule has 2 aromatic carbocycles. The second kappa shape index (κ2) is 10.3. The van der Waals surface area contributed by atoms with Gasteiger partial charge >= 0.3 is 0 Å². The Morgan fingerprint density at radius 3 is 2.53 bits per heavy atom. The Labute approximate surface area is 214 Å². The van der Waals surface area contributed by atoms with Crippen molar-refractivity contribution in [3.8, 4) is 5.75 Å². The van der Waals surface area contributed by atoms with Gasteiger partial charge in [0.2, 0.25) is 0 Å². The van der Waals surface area contributed by atoms with Crippen molar-refractivity contribution in [3.63, 3.8) is 0 Å². The minimum atomic E-state index is -3.12. The average Bonchev–Trinajstić information content (AvgIpc) is 3.29. The Morgan fingerprint density at radius 1 is 1.17 bits per heavy atom. The predicted octanol–water partition coefficient (Wildman–Crippen LogP) is 6.04. The van der Waals surface area contributed by atoms with Crippen LogP contribution in [-0.4, -0.2) is 27.9 Å². The number of thiocarbonyl (C=S) groups is 1. The number of halogens is 5. The predicted molar refractivity (Wildman–Crippen MR) is 132 cm³/mol. The molecule has 36 heavy (non-hydrogen) atoms. The quantitative estimate of drug-likeness (QED) is 0.226. The van der Waals surface area contributed by atoms with Crippen LogP contribution in [0.25, 0.3) is 6.08 Å². The van der Waals surface area contributed by atoms with Crippen molar-refractivity contribution < 1.29 is 27.1 Å². The molecule has 1 fully saturated rings. The maximum absolute atomic E-state index is 13.6. The van der Waals surface area contributed by atoms with Gasteiger partial charge in [-0.05, 0) is 54.5 Å². The minimum Gasteiger partial charge on any atom is -0.496 e. The van der Waals surface area contributed by atoms with Gasteiger partial charge in [-0.1, -0.05) is 35.9 Å². The zero-order chi connectivity index (χ0) is 26.1. The summed E-state index contributed by atoms with van der Waals surface area (Å²) in [5.41, 5.74) is 0.844. The van der Waals surface area contributed by atoms with Crippen LogP contribution in [-0.2, 0) is 11.3 Å². The summed E-state index contributed by atoms with van der Waals surface area (Å²) in [7, 11) is 1.38. The number of amides is 1. The number of nitrogens with zero attached hydrogens (tertiary/aromatic N) is 3. The fourth-order valence-corrected chi connectivity index (χ4v) is 4.44. The highest BCUT2D eigenvalue weighted by molar-refractivity contribution is 7.80. The molecule has 2 heterocycles. The van der Waals surface area contributed by atoms with E-state index >= 15 is 0 Å². The number of alkyl halides is 4. The first-order valence-electron chi connectivity index (χ1n) is 10.5. The van der Waals surface area contributed by atoms with Crippen molar-refractivity contribution in [1.29, 1.82) is 0 Å². The first-order valence-corrected chi connectivity index (χ1v) is 11.3. The van der Waals surface area contributed by atoms with E-state index < -0.39 is 29.3 Å². The summed E-state index contributed by atoms with van der Waals surface area (Å²) < 4.78 is 59.7. The van der Waals surface area contributed by atoms with Crippen LogP contribution in [0.2, 0.25) is 5.02 Å². The third-order valence-corrected chi connectivity index (χ3v) is 6.21. The van der Waals surface area contributed by atoms with Gasteiger partial charge in [0, 0.05) is 5.56 Å². The molecule has 1 aliphatic heterocycles. The SMILES string of the molecule is COc1ccc(/C=C2/NC(=S)N(c3ccccc3C)C2=O)cc1Cn1nc(C(F)F)c(Cl)c1C(F)F. The number of carbonyl (C=O) groups is 1. The number of anilines is 1. The van der Waals surface area contributed by atoms with Crippen LogP contribution < -0.4 is 15.0 Å². The number of para-hydroxylation sites is 1. The van der Waals surface area contributed by atoms with E-state index in [1.165, 1.54) is 12.0 Å². The highest BCUT2D eigenvalue weighted by Crippen LogP contribution is 2.36. The number of aromatic nitrogens is 2. The number of carbonyl (C=O) groups excluding carboxylic acids is 1. The molecular weight excluding hydrogens is 520 g/mol. The Kier molecular flexibility index (Phi) is 7.32. The van der Waals surface area contributed by atoms with Gasteiger partial charge < -0.3 is 10.1 Å². The lowest BCUT2D eigenvalue weighted by Crippen LogP contribution is -2.30. The maximum atomic E-state index is 13.6. The Hall–Kier alpha value is -3.44. The average molecular weight is 539 g/mol. The minimum absolute atomic E-state index is 0.203. The molecule has 1 N–H and O–H groups in total. The van der Waals surface area contributed by atoms with Gasteiger partial charge in [0.05, 0.1) is 24.4 Å². The lowest BCUT2D eigenvalue weighted by atomic mass is 10.1. The van der Waals surface area contributed by atoms with E-state index in [1.54, 1.807) is 36.4 Å². The molecule has 0 bridgehead atoms. The smallest absolute Gasteiger partial charge is 0.283 e. The van der Waals surface area contributed by atoms with E-state index in [2.05, 4.69) is 10.4 Å². The van der Waals surface area contributed by atoms with Gasteiger partial charge in [0.15, 0.2) is 5.11 Å². The number of benzene rings is 2. The van der Waals surface area contributed by atoms with Crippen molar-refractivity contribution in [3.05, 3.63) is 81.3 Å². The van der Waals surface area contributed by atoms with E-state index in [1.807, 2.05) is 19.1 Å². The largest absolute Gasteiger partial charge is 0.496 e. The van der Waals surface area contributed by atoms with E-state index in [9.17, 15) is 22.4 Å². The van der Waals surface area contributed by atoms with Crippen molar-refractivity contribution in [2.75, 3.05) is 12.0 Å². The number of methoxy groups -OCH3 is 1. The molecule has 6 nitrogen and oxygen atoms in total. The fraction of sp³-hybridized carbons (Fsp3) is 0.208. The zero-order valence-electron chi connectivity index (χ0n) is 18.9. The molecule has 1 aromatic heterocycles. The van der Waals surface area contributed by atoms with E-state index in [0.29, 0.717) is 22.6 Å². The van der Waals surface area contributed by atoms with Crippen LogP contribution in [0.1, 0.15) is 40.9 Å². The lowest BCUT2D eigenvalue weighted by molar-refractivity contribution is -0.113. The molecule has 0 spiro atoms. The standard InChI is InChI=1S/C24H19ClF4N4O2S/c1-12-5-3-4-6-16(12)33-23(34)15(30-24(33)36)10-13-7-8-17(35-2)14(9-13)11-32-20(22(28)29)18(25)19(31-32)21(26)27/h3-10,21-22H,11H2,1-2H3,(H,30,36)/b15-10+. The fourth-order valence-electron chi connectivity index (χ4n) is 3.85. The highest BCUT2D eigenvalue weighted by Gasteiger charge is 2.33. The van der Waals surface area contributed by atoms with Crippen molar-refractivity contribution >= 4 is 46.6 Å². The molecule has 3 aromatic rings. The van der Waals surface area contributed by atoms with Gasteiger partial charge in [-0.25, -0.2) is 17.6 Å². The van der Waals surface area contributed by atoms with Gasteiger partial charge in [0.25, 0.3) is 18.8 Å². The van der Waals surface area contributed by atoms with E-state index in [0.717, 1.165) is 10.2 Å². The number of hydrogen-bond donors (Lipinski definition) is 1. The summed E-state index contributed by atoms with van der Waals surface area (Å²) in [6.07, 6.45) is -4.69. The Bertz CT molecular complexity index is 1380. The molecule has 1 saturated heterocycles. The molecular formula is C24H19ClF4N4O2S. The summed E-state index contributed by atoms with van der Waals surface area (Å²) in [6, 6.07) is 12.1. The Balaban J connectivity index is 1.69. The van der Waals surface area contributed by atoms with Crippen molar-refractivity contribution in [1.82, 2.24) is 15.1 Å². The number of nitrogens with one attached hydrogen (secondary N) is 1. The summed E-state index contributed by atoms with van der Waals surface area (Å²) in [5.74, 6) is -0.0579. The molecule has 1 amide bonds. The van der Waals surface area contributed by atoms with Gasteiger partial charge in [-0.2, -0.15) is 5.10 Å². The number of ether oxygens (including phenoxy) is 1. The van der Waals surface area contributed by atoms with E-state index in [4.69, 9.17) is 28.6 Å². The summed E-state index contributed by atoms with van der Waals surface area (Å²) in [6.45, 7) is 1.54.